The molecule has 0 aliphatic carbocycles. The van der Waals surface area contributed by atoms with E-state index in [-0.39, 0.29) is 11.3 Å². The predicted molar refractivity (Wildman–Crippen MR) is 103 cm³/mol. The summed E-state index contributed by atoms with van der Waals surface area (Å²) >= 11 is 6.31. The number of nitrogens with zero attached hydrogens (tertiary/aromatic N) is 2. The second-order valence-corrected chi connectivity index (χ2v) is 6.24. The van der Waals surface area contributed by atoms with Gasteiger partial charge in [0.2, 0.25) is 0 Å². The van der Waals surface area contributed by atoms with Gasteiger partial charge < -0.3 is 9.67 Å². The highest BCUT2D eigenvalue weighted by Gasteiger charge is 2.12. The van der Waals surface area contributed by atoms with Gasteiger partial charge in [0, 0.05) is 17.0 Å². The Hall–Kier alpha value is -3.05. The quantitative estimate of drug-likeness (QED) is 0.535. The van der Waals surface area contributed by atoms with Gasteiger partial charge >= 0.3 is 0 Å². The van der Waals surface area contributed by atoms with E-state index in [0.717, 1.165) is 22.6 Å². The average molecular weight is 368 g/mol. The highest BCUT2D eigenvalue weighted by molar-refractivity contribution is 6.32. The molecular formula is C20H18ClN3O2. The number of amides is 1. The van der Waals surface area contributed by atoms with Crippen LogP contribution in [0.4, 0.5) is 0 Å². The number of aromatic nitrogens is 1. The van der Waals surface area contributed by atoms with Crippen LogP contribution in [0.15, 0.2) is 59.7 Å². The van der Waals surface area contributed by atoms with E-state index < -0.39 is 5.91 Å². The first kappa shape index (κ1) is 17.8. The number of nitrogens with one attached hydrogen (secondary N) is 1. The number of rotatable bonds is 4. The molecule has 5 nitrogen and oxygen atoms in total. The Labute approximate surface area is 156 Å². The predicted octanol–water partition coefficient (Wildman–Crippen LogP) is 4.22. The van der Waals surface area contributed by atoms with Crippen LogP contribution in [0.25, 0.3) is 5.69 Å². The van der Waals surface area contributed by atoms with Crippen molar-refractivity contribution in [3.63, 3.8) is 0 Å². The molecule has 0 atom stereocenters. The number of aryl methyl sites for hydroxylation is 1. The Bertz CT molecular complexity index is 992. The maximum atomic E-state index is 12.1. The lowest BCUT2D eigenvalue weighted by molar-refractivity contribution is 0.0952. The molecule has 0 bridgehead atoms. The van der Waals surface area contributed by atoms with Crippen LogP contribution in [0, 0.1) is 13.8 Å². The number of carbonyl (C=O) groups excluding carboxylic acids is 1. The fraction of sp³-hybridized carbons (Fsp3) is 0.100. The molecule has 132 valence electrons. The summed E-state index contributed by atoms with van der Waals surface area (Å²) in [6, 6.07) is 15.9. The van der Waals surface area contributed by atoms with Crippen LogP contribution in [0.1, 0.15) is 27.3 Å². The van der Waals surface area contributed by atoms with Crippen molar-refractivity contribution in [2.75, 3.05) is 0 Å². The average Bonchev–Trinajstić information content (AvgIpc) is 2.90. The minimum Gasteiger partial charge on any atom is -0.507 e. The highest BCUT2D eigenvalue weighted by atomic mass is 35.5. The molecule has 0 unspecified atom stereocenters. The Morgan fingerprint density at radius 2 is 1.85 bits per heavy atom. The van der Waals surface area contributed by atoms with E-state index in [2.05, 4.69) is 10.5 Å². The molecule has 2 aromatic carbocycles. The molecule has 0 spiro atoms. The third kappa shape index (κ3) is 3.48. The molecular weight excluding hydrogens is 350 g/mol. The topological polar surface area (TPSA) is 66.6 Å². The summed E-state index contributed by atoms with van der Waals surface area (Å²) in [7, 11) is 0. The smallest absolute Gasteiger partial charge is 0.275 e. The molecule has 6 heteroatoms. The summed E-state index contributed by atoms with van der Waals surface area (Å²) in [5.74, 6) is -0.559. The zero-order chi connectivity index (χ0) is 18.7. The number of hydrogen-bond acceptors (Lipinski definition) is 3. The van der Waals surface area contributed by atoms with Crippen LogP contribution in [0.5, 0.6) is 5.75 Å². The number of benzene rings is 2. The molecule has 1 aromatic heterocycles. The molecule has 1 heterocycles. The van der Waals surface area contributed by atoms with Gasteiger partial charge in [0.1, 0.15) is 5.75 Å². The van der Waals surface area contributed by atoms with E-state index in [9.17, 15) is 9.90 Å². The largest absolute Gasteiger partial charge is 0.507 e. The van der Waals surface area contributed by atoms with E-state index in [0.29, 0.717) is 5.02 Å². The van der Waals surface area contributed by atoms with Gasteiger partial charge in [0.15, 0.2) is 0 Å². The van der Waals surface area contributed by atoms with Crippen molar-refractivity contribution in [1.82, 2.24) is 9.99 Å². The summed E-state index contributed by atoms with van der Waals surface area (Å²) in [6.45, 7) is 3.94. The van der Waals surface area contributed by atoms with Crippen LogP contribution < -0.4 is 5.43 Å². The number of halogens is 1. The van der Waals surface area contributed by atoms with Crippen molar-refractivity contribution in [2.24, 2.45) is 5.10 Å². The third-order valence-corrected chi connectivity index (χ3v) is 4.40. The molecule has 2 N–H and O–H groups in total. The summed E-state index contributed by atoms with van der Waals surface area (Å²) < 4.78 is 2.04. The zero-order valence-electron chi connectivity index (χ0n) is 14.4. The summed E-state index contributed by atoms with van der Waals surface area (Å²) in [5.41, 5.74) is 6.31. The summed E-state index contributed by atoms with van der Waals surface area (Å²) in [4.78, 5) is 12.1. The van der Waals surface area contributed by atoms with E-state index >= 15 is 0 Å². The first-order valence-corrected chi connectivity index (χ1v) is 8.42. The van der Waals surface area contributed by atoms with Gasteiger partial charge in [-0.1, -0.05) is 35.9 Å². The van der Waals surface area contributed by atoms with E-state index in [4.69, 9.17) is 11.6 Å². The van der Waals surface area contributed by atoms with E-state index in [1.807, 2.05) is 48.7 Å². The minimum atomic E-state index is -0.473. The molecule has 0 saturated carbocycles. The van der Waals surface area contributed by atoms with Gasteiger partial charge in [0.25, 0.3) is 5.91 Å². The van der Waals surface area contributed by atoms with Crippen LogP contribution in [-0.4, -0.2) is 21.8 Å². The highest BCUT2D eigenvalue weighted by Crippen LogP contribution is 2.25. The lowest BCUT2D eigenvalue weighted by atomic mass is 10.2. The molecule has 1 amide bonds. The van der Waals surface area contributed by atoms with Crippen LogP contribution >= 0.6 is 11.6 Å². The number of carbonyl (C=O) groups is 1. The van der Waals surface area contributed by atoms with Gasteiger partial charge in [-0.15, -0.1) is 0 Å². The Kier molecular flexibility index (Phi) is 5.09. The lowest BCUT2D eigenvalue weighted by Crippen LogP contribution is -2.17. The molecule has 0 saturated heterocycles. The van der Waals surface area contributed by atoms with Crippen LogP contribution in [0.3, 0.4) is 0 Å². The van der Waals surface area contributed by atoms with Crippen molar-refractivity contribution >= 4 is 23.7 Å². The number of aromatic hydroxyl groups is 1. The number of phenolic OH excluding ortho intramolecular Hbond substituents is 1. The summed E-state index contributed by atoms with van der Waals surface area (Å²) in [5, 5.41) is 14.4. The first-order chi connectivity index (χ1) is 12.5. The number of hydrogen-bond donors (Lipinski definition) is 2. The number of hydrazone groups is 1. The molecule has 0 radical (unpaired) electrons. The van der Waals surface area contributed by atoms with Gasteiger partial charge in [-0.2, -0.15) is 5.10 Å². The summed E-state index contributed by atoms with van der Waals surface area (Å²) in [6.07, 6.45) is 1.58. The molecule has 26 heavy (non-hydrogen) atoms. The second kappa shape index (κ2) is 7.45. The van der Waals surface area contributed by atoms with Gasteiger partial charge in [-0.05, 0) is 44.2 Å². The van der Waals surface area contributed by atoms with Crippen molar-refractivity contribution in [3.8, 4) is 11.4 Å². The maximum absolute atomic E-state index is 12.1. The van der Waals surface area contributed by atoms with Crippen LogP contribution in [-0.2, 0) is 0 Å². The zero-order valence-corrected chi connectivity index (χ0v) is 15.2. The minimum absolute atomic E-state index is 0.0860. The molecule has 3 aromatic rings. The molecule has 0 aliphatic heterocycles. The van der Waals surface area contributed by atoms with E-state index in [1.54, 1.807) is 18.3 Å². The molecule has 3 rings (SSSR count). The fourth-order valence-electron chi connectivity index (χ4n) is 2.81. The van der Waals surface area contributed by atoms with Crippen LogP contribution in [0.2, 0.25) is 5.02 Å². The SMILES string of the molecule is Cc1cc(/C=N\NC(=O)c2ccccc2O)c(C)n1-c1ccccc1Cl. The number of para-hydroxylation sites is 2. The van der Waals surface area contributed by atoms with Gasteiger partial charge in [-0.3, -0.25) is 4.79 Å². The Balaban J connectivity index is 1.82. The third-order valence-electron chi connectivity index (χ3n) is 4.08. The standard InChI is InChI=1S/C20H18ClN3O2/c1-13-11-15(14(2)24(13)18-9-5-4-8-17(18)21)12-22-23-20(26)16-7-3-6-10-19(16)25/h3-12,25H,1-2H3,(H,23,26)/b22-12-. The first-order valence-electron chi connectivity index (χ1n) is 8.04. The van der Waals surface area contributed by atoms with Crippen molar-refractivity contribution in [3.05, 3.63) is 82.1 Å². The lowest BCUT2D eigenvalue weighted by Gasteiger charge is -2.11. The molecule has 0 aliphatic rings. The van der Waals surface area contributed by atoms with Crippen molar-refractivity contribution in [2.45, 2.75) is 13.8 Å². The second-order valence-electron chi connectivity index (χ2n) is 5.83. The Morgan fingerprint density at radius 3 is 2.58 bits per heavy atom. The van der Waals surface area contributed by atoms with Crippen molar-refractivity contribution in [1.29, 1.82) is 0 Å². The van der Waals surface area contributed by atoms with Gasteiger partial charge in [-0.25, -0.2) is 5.43 Å². The van der Waals surface area contributed by atoms with E-state index in [1.165, 1.54) is 12.1 Å². The van der Waals surface area contributed by atoms with Gasteiger partial charge in [0.05, 0.1) is 22.5 Å². The molecule has 0 fully saturated rings. The normalized spacial score (nSPS) is 11.0. The monoisotopic (exact) mass is 367 g/mol. The van der Waals surface area contributed by atoms with Crippen molar-refractivity contribution < 1.29 is 9.90 Å². The fourth-order valence-corrected chi connectivity index (χ4v) is 3.03. The maximum Gasteiger partial charge on any atom is 0.275 e. The Morgan fingerprint density at radius 1 is 1.15 bits per heavy atom. The number of phenols is 1.